The topological polar surface area (TPSA) is 85.0 Å². The van der Waals surface area contributed by atoms with Crippen LogP contribution in [-0.2, 0) is 6.54 Å². The molecule has 0 aliphatic rings. The molecule has 1 unspecified atom stereocenters. The van der Waals surface area contributed by atoms with E-state index >= 15 is 0 Å². The zero-order valence-corrected chi connectivity index (χ0v) is 26.5. The Morgan fingerprint density at radius 2 is 1.37 bits per heavy atom. The third kappa shape index (κ3) is 7.41. The monoisotopic (exact) mass is 618 g/mol. The Morgan fingerprint density at radius 1 is 0.783 bits per heavy atom. The molecular formula is C38H38N2O6. The van der Waals surface area contributed by atoms with Crippen LogP contribution in [0, 0.1) is 10.1 Å². The lowest BCUT2D eigenvalue weighted by Crippen LogP contribution is -2.08. The van der Waals surface area contributed by atoms with E-state index in [4.69, 9.17) is 18.9 Å². The molecule has 0 saturated heterocycles. The number of aromatic nitrogens is 1. The molecule has 1 aromatic heterocycles. The molecular weight excluding hydrogens is 580 g/mol. The van der Waals surface area contributed by atoms with Crippen LogP contribution in [0.5, 0.6) is 23.0 Å². The molecule has 0 fully saturated rings. The van der Waals surface area contributed by atoms with E-state index in [0.717, 1.165) is 41.0 Å². The molecule has 0 bridgehead atoms. The molecule has 8 nitrogen and oxygen atoms in total. The Bertz CT molecular complexity index is 1760. The van der Waals surface area contributed by atoms with Crippen molar-refractivity contribution in [2.75, 3.05) is 20.8 Å². The summed E-state index contributed by atoms with van der Waals surface area (Å²) in [6, 6.07) is 33.4. The minimum Gasteiger partial charge on any atom is -0.493 e. The predicted molar refractivity (Wildman–Crippen MR) is 181 cm³/mol. The maximum atomic E-state index is 11.9. The first-order valence-electron chi connectivity index (χ1n) is 15.2. The first kappa shape index (κ1) is 31.9. The third-order valence-electron chi connectivity index (χ3n) is 7.83. The molecule has 5 aromatic rings. The van der Waals surface area contributed by atoms with Crippen LogP contribution < -0.4 is 18.9 Å². The van der Waals surface area contributed by atoms with Crippen molar-refractivity contribution in [2.45, 2.75) is 32.9 Å². The van der Waals surface area contributed by atoms with Crippen LogP contribution in [0.25, 0.3) is 11.1 Å². The van der Waals surface area contributed by atoms with E-state index < -0.39 is 11.0 Å². The number of hydrogen-bond acceptors (Lipinski definition) is 6. The van der Waals surface area contributed by atoms with Crippen LogP contribution in [0.1, 0.15) is 48.6 Å². The first-order chi connectivity index (χ1) is 22.4. The zero-order valence-electron chi connectivity index (χ0n) is 26.5. The second-order valence-electron chi connectivity index (χ2n) is 10.7. The summed E-state index contributed by atoms with van der Waals surface area (Å²) in [7, 11) is 2.94. The highest BCUT2D eigenvalue weighted by molar-refractivity contribution is 5.98. The summed E-state index contributed by atoms with van der Waals surface area (Å²) in [5.74, 6) is 2.09. The molecule has 1 heterocycles. The predicted octanol–water partition coefficient (Wildman–Crippen LogP) is 9.00. The first-order valence-corrected chi connectivity index (χ1v) is 15.2. The maximum Gasteiger partial charge on any atom is 0.280 e. The average Bonchev–Trinajstić information content (AvgIpc) is 3.61. The van der Waals surface area contributed by atoms with Gasteiger partial charge in [-0.15, -0.1) is 0 Å². The second-order valence-corrected chi connectivity index (χ2v) is 10.7. The van der Waals surface area contributed by atoms with Gasteiger partial charge in [0.1, 0.15) is 24.2 Å². The number of nitrogens with zero attached hydrogens (tertiary/aromatic N) is 2. The van der Waals surface area contributed by atoms with Crippen LogP contribution in [0.15, 0.2) is 116 Å². The molecule has 0 N–H and O–H groups in total. The highest BCUT2D eigenvalue weighted by Gasteiger charge is 2.25. The Labute approximate surface area is 269 Å². The molecule has 0 radical (unpaired) electrons. The summed E-state index contributed by atoms with van der Waals surface area (Å²) < 4.78 is 25.0. The average molecular weight is 619 g/mol. The number of benzene rings is 4. The fraction of sp³-hybridized carbons (Fsp3) is 0.211. The maximum absolute atomic E-state index is 11.9. The van der Waals surface area contributed by atoms with Gasteiger partial charge >= 0.3 is 0 Å². The minimum absolute atomic E-state index is 0.0976. The fourth-order valence-corrected chi connectivity index (χ4v) is 5.52. The van der Waals surface area contributed by atoms with E-state index in [1.54, 1.807) is 13.0 Å². The minimum atomic E-state index is -0.623. The molecule has 8 heteroatoms. The second kappa shape index (κ2) is 15.0. The van der Waals surface area contributed by atoms with Crippen LogP contribution in [0.3, 0.4) is 0 Å². The van der Waals surface area contributed by atoms with E-state index in [2.05, 4.69) is 47.9 Å². The van der Waals surface area contributed by atoms with Crippen LogP contribution in [-0.4, -0.2) is 30.3 Å². The molecule has 0 aliphatic carbocycles. The van der Waals surface area contributed by atoms with Gasteiger partial charge in [0.05, 0.1) is 37.3 Å². The quantitative estimate of drug-likeness (QED) is 0.0702. The van der Waals surface area contributed by atoms with Crippen molar-refractivity contribution >= 4 is 16.8 Å². The van der Waals surface area contributed by atoms with Crippen molar-refractivity contribution in [1.82, 2.24) is 4.57 Å². The number of rotatable bonds is 14. The zero-order chi connectivity index (χ0) is 32.5. The van der Waals surface area contributed by atoms with E-state index in [0.29, 0.717) is 23.7 Å². The summed E-state index contributed by atoms with van der Waals surface area (Å²) in [5, 5.41) is 11.9. The van der Waals surface area contributed by atoms with Gasteiger partial charge in [-0.05, 0) is 83.6 Å². The lowest BCUT2D eigenvalue weighted by molar-refractivity contribution is -0.386. The van der Waals surface area contributed by atoms with Crippen molar-refractivity contribution in [1.29, 1.82) is 0 Å². The lowest BCUT2D eigenvalue weighted by atomic mass is 9.88. The number of nitro benzene ring substituents is 1. The normalized spacial score (nSPS) is 12.2. The van der Waals surface area contributed by atoms with Crippen molar-refractivity contribution in [3.8, 4) is 23.0 Å². The molecule has 0 saturated carbocycles. The van der Waals surface area contributed by atoms with Gasteiger partial charge in [0.15, 0.2) is 11.5 Å². The van der Waals surface area contributed by atoms with Crippen LogP contribution in [0.4, 0.5) is 5.69 Å². The van der Waals surface area contributed by atoms with E-state index in [1.165, 1.54) is 25.9 Å². The van der Waals surface area contributed by atoms with Crippen LogP contribution in [0.2, 0.25) is 0 Å². The van der Waals surface area contributed by atoms with Gasteiger partial charge in [-0.2, -0.15) is 0 Å². The van der Waals surface area contributed by atoms with Crippen molar-refractivity contribution in [2.24, 2.45) is 0 Å². The number of allylic oxidation sites excluding steroid dienone is 1. The molecule has 46 heavy (non-hydrogen) atoms. The van der Waals surface area contributed by atoms with Gasteiger partial charge in [-0.1, -0.05) is 61.5 Å². The number of nitro groups is 1. The highest BCUT2D eigenvalue weighted by atomic mass is 16.6. The smallest absolute Gasteiger partial charge is 0.280 e. The third-order valence-corrected chi connectivity index (χ3v) is 7.83. The Kier molecular flexibility index (Phi) is 10.4. The summed E-state index contributed by atoms with van der Waals surface area (Å²) in [5.41, 5.74) is 5.87. The van der Waals surface area contributed by atoms with Gasteiger partial charge in [0.25, 0.3) is 5.69 Å². The van der Waals surface area contributed by atoms with Gasteiger partial charge in [0.2, 0.25) is 0 Å². The Balaban J connectivity index is 1.43. The standard InChI is InChI=1S/C38H38N2O6/c1-5-33(28-11-7-6-8-12-28)38(29-13-17-31(18-14-29)45-24-23-39-21-9-10-22-39)30-15-19-32(20-16-30)46-27(2)34-25-36(43-3)37(44-4)26-35(34)40(41)42/h6-22,25-27H,5,23-24H2,1-4H3. The van der Waals surface area contributed by atoms with E-state index in [9.17, 15) is 10.1 Å². The fourth-order valence-electron chi connectivity index (χ4n) is 5.52. The largest absolute Gasteiger partial charge is 0.493 e. The van der Waals surface area contributed by atoms with E-state index in [1.807, 2.05) is 67.0 Å². The molecule has 0 amide bonds. The molecule has 4 aromatic carbocycles. The molecule has 236 valence electrons. The Hall–Kier alpha value is -5.50. The van der Waals surface area contributed by atoms with Crippen molar-refractivity contribution in [3.63, 3.8) is 0 Å². The van der Waals surface area contributed by atoms with Gasteiger partial charge < -0.3 is 23.5 Å². The molecule has 0 aliphatic heterocycles. The van der Waals surface area contributed by atoms with Crippen molar-refractivity contribution in [3.05, 3.63) is 148 Å². The summed E-state index contributed by atoms with van der Waals surface area (Å²) in [6.45, 7) is 5.30. The van der Waals surface area contributed by atoms with Gasteiger partial charge in [0, 0.05) is 12.4 Å². The Morgan fingerprint density at radius 3 is 1.93 bits per heavy atom. The van der Waals surface area contributed by atoms with Crippen molar-refractivity contribution < 1.29 is 23.9 Å². The van der Waals surface area contributed by atoms with Gasteiger partial charge in [-0.3, -0.25) is 10.1 Å². The molecule has 0 spiro atoms. The van der Waals surface area contributed by atoms with Crippen LogP contribution >= 0.6 is 0 Å². The molecule has 5 rings (SSSR count). The molecule has 1 atom stereocenters. The van der Waals surface area contributed by atoms with E-state index in [-0.39, 0.29) is 11.4 Å². The number of methoxy groups -OCH3 is 2. The number of ether oxygens (including phenoxy) is 4. The number of hydrogen-bond donors (Lipinski definition) is 0. The van der Waals surface area contributed by atoms with Gasteiger partial charge in [-0.25, -0.2) is 0 Å². The SMILES string of the molecule is CCC(=C(c1ccc(OCCn2cccc2)cc1)c1ccc(OC(C)c2cc(OC)c(OC)cc2[N+](=O)[O-])cc1)c1ccccc1. The lowest BCUT2D eigenvalue weighted by Gasteiger charge is -2.19. The summed E-state index contributed by atoms with van der Waals surface area (Å²) in [6.07, 6.45) is 4.25. The highest BCUT2D eigenvalue weighted by Crippen LogP contribution is 2.40. The summed E-state index contributed by atoms with van der Waals surface area (Å²) >= 11 is 0. The summed E-state index contributed by atoms with van der Waals surface area (Å²) in [4.78, 5) is 11.4.